The molecule has 0 N–H and O–H groups in total. The van der Waals surface area contributed by atoms with E-state index in [0.717, 1.165) is 18.4 Å². The molecule has 1 amide bonds. The van der Waals surface area contributed by atoms with E-state index in [2.05, 4.69) is 22.0 Å². The first-order valence-electron chi connectivity index (χ1n) is 9.76. The molecule has 0 aliphatic carbocycles. The molecular weight excluding hydrogens is 326 g/mol. The minimum Gasteiger partial charge on any atom is -0.420 e. The summed E-state index contributed by atoms with van der Waals surface area (Å²) in [4.78, 5) is 21.3. The van der Waals surface area contributed by atoms with Gasteiger partial charge in [-0.05, 0) is 81.4 Å². The van der Waals surface area contributed by atoms with Crippen LogP contribution in [0.15, 0.2) is 22.9 Å². The molecule has 0 saturated carbocycles. The Hall–Kier alpha value is -2.30. The first kappa shape index (κ1) is 17.1. The Kier molecular flexibility index (Phi) is 4.47. The molecular formula is C21H27N3O2. The molecule has 3 heterocycles. The van der Waals surface area contributed by atoms with Crippen molar-refractivity contribution in [3.8, 4) is 0 Å². The smallest absolute Gasteiger partial charge is 0.300 e. The van der Waals surface area contributed by atoms with Gasteiger partial charge in [0.2, 0.25) is 0 Å². The number of aryl methyl sites for hydroxylation is 2. The van der Waals surface area contributed by atoms with Crippen molar-refractivity contribution in [1.29, 1.82) is 0 Å². The number of benzene rings is 1. The highest BCUT2D eigenvalue weighted by atomic mass is 16.5. The number of amidine groups is 1. The van der Waals surface area contributed by atoms with Gasteiger partial charge in [0.1, 0.15) is 0 Å². The van der Waals surface area contributed by atoms with Crippen molar-refractivity contribution in [3.05, 3.63) is 34.6 Å². The van der Waals surface area contributed by atoms with Gasteiger partial charge in [0.15, 0.2) is 5.76 Å². The highest BCUT2D eigenvalue weighted by Crippen LogP contribution is 2.36. The lowest BCUT2D eigenvalue weighted by Gasteiger charge is -2.37. The topological polar surface area (TPSA) is 45.1 Å². The number of anilines is 1. The fourth-order valence-corrected chi connectivity index (χ4v) is 4.17. The van der Waals surface area contributed by atoms with Gasteiger partial charge in [0, 0.05) is 31.4 Å². The van der Waals surface area contributed by atoms with E-state index in [-0.39, 0.29) is 11.9 Å². The van der Waals surface area contributed by atoms with Crippen LogP contribution < -0.4 is 4.90 Å². The van der Waals surface area contributed by atoms with Gasteiger partial charge in [0.05, 0.1) is 0 Å². The number of ether oxygens (including phenoxy) is 1. The Balaban J connectivity index is 1.70. The maximum atomic E-state index is 12.7. The highest BCUT2D eigenvalue weighted by Gasteiger charge is 2.34. The fraction of sp³-hybridized carbons (Fsp3) is 0.524. The van der Waals surface area contributed by atoms with Crippen LogP contribution in [0.5, 0.6) is 0 Å². The number of hydrogen-bond acceptors (Lipinski definition) is 4. The SMILES string of the molecule is CCN1C(=O)/C(=C\c2cc3c4c(c2)CCCN4CCC3)O/C1=N/C(C)C. The standard InChI is InChI=1S/C21H27N3O2/c1-4-24-20(25)18(26-21(24)22-14(2)3)13-15-11-16-7-5-9-23-10-6-8-17(12-15)19(16)23/h11-14H,4-10H2,1-3H3/b18-13+,22-21+. The van der Waals surface area contributed by atoms with Crippen molar-refractivity contribution in [1.82, 2.24) is 4.90 Å². The summed E-state index contributed by atoms with van der Waals surface area (Å²) in [5.41, 5.74) is 5.33. The fourth-order valence-electron chi connectivity index (χ4n) is 4.17. The maximum Gasteiger partial charge on any atom is 0.300 e. The summed E-state index contributed by atoms with van der Waals surface area (Å²) in [5.74, 6) is 0.279. The van der Waals surface area contributed by atoms with Gasteiger partial charge >= 0.3 is 6.02 Å². The van der Waals surface area contributed by atoms with Crippen LogP contribution in [0, 0.1) is 0 Å². The number of likely N-dealkylation sites (N-methyl/N-ethyl adjacent to an activating group) is 1. The minimum atomic E-state index is -0.0973. The van der Waals surface area contributed by atoms with Crippen LogP contribution >= 0.6 is 0 Å². The van der Waals surface area contributed by atoms with Crippen LogP contribution in [0.1, 0.15) is 50.3 Å². The first-order valence-corrected chi connectivity index (χ1v) is 9.76. The van der Waals surface area contributed by atoms with Gasteiger partial charge in [-0.25, -0.2) is 4.99 Å². The second-order valence-electron chi connectivity index (χ2n) is 7.55. The normalized spacial score (nSPS) is 22.4. The zero-order valence-corrected chi connectivity index (χ0v) is 15.9. The summed E-state index contributed by atoms with van der Waals surface area (Å²) >= 11 is 0. The second-order valence-corrected chi connectivity index (χ2v) is 7.55. The highest BCUT2D eigenvalue weighted by molar-refractivity contribution is 6.11. The molecule has 3 aliphatic heterocycles. The van der Waals surface area contributed by atoms with E-state index in [0.29, 0.717) is 18.3 Å². The summed E-state index contributed by atoms with van der Waals surface area (Å²) in [6.45, 7) is 8.81. The Morgan fingerprint density at radius 2 is 1.85 bits per heavy atom. The van der Waals surface area contributed by atoms with Crippen molar-refractivity contribution < 1.29 is 9.53 Å². The number of nitrogens with zero attached hydrogens (tertiary/aromatic N) is 3. The second kappa shape index (κ2) is 6.78. The van der Waals surface area contributed by atoms with Gasteiger partial charge in [0.25, 0.3) is 5.91 Å². The molecule has 5 nitrogen and oxygen atoms in total. The third-order valence-corrected chi connectivity index (χ3v) is 5.23. The number of aliphatic imine (C=N–C) groups is 1. The average Bonchev–Trinajstić information content (AvgIpc) is 2.89. The van der Waals surface area contributed by atoms with E-state index in [1.807, 2.05) is 26.8 Å². The number of amides is 1. The molecule has 0 spiro atoms. The van der Waals surface area contributed by atoms with E-state index in [1.54, 1.807) is 4.90 Å². The summed E-state index contributed by atoms with van der Waals surface area (Å²) in [6.07, 6.45) is 6.53. The van der Waals surface area contributed by atoms with Crippen molar-refractivity contribution in [3.63, 3.8) is 0 Å². The Labute approximate surface area is 155 Å². The van der Waals surface area contributed by atoms with Crippen LogP contribution in [0.3, 0.4) is 0 Å². The van der Waals surface area contributed by atoms with E-state index in [4.69, 9.17) is 4.74 Å². The largest absolute Gasteiger partial charge is 0.420 e. The average molecular weight is 353 g/mol. The lowest BCUT2D eigenvalue weighted by atomic mass is 9.90. The molecule has 3 aliphatic rings. The zero-order chi connectivity index (χ0) is 18.3. The predicted molar refractivity (Wildman–Crippen MR) is 104 cm³/mol. The first-order chi connectivity index (χ1) is 12.6. The summed E-state index contributed by atoms with van der Waals surface area (Å²) in [7, 11) is 0. The molecule has 5 heteroatoms. The van der Waals surface area contributed by atoms with Gasteiger partial charge in [-0.1, -0.05) is 0 Å². The molecule has 1 aromatic rings. The quantitative estimate of drug-likeness (QED) is 0.783. The molecule has 0 atom stereocenters. The van der Waals surface area contributed by atoms with Gasteiger partial charge < -0.3 is 9.64 Å². The third-order valence-electron chi connectivity index (χ3n) is 5.23. The van der Waals surface area contributed by atoms with E-state index < -0.39 is 0 Å². The molecule has 1 fully saturated rings. The summed E-state index contributed by atoms with van der Waals surface area (Å²) in [6, 6.07) is 4.97. The molecule has 0 aromatic heterocycles. The number of rotatable bonds is 3. The van der Waals surface area contributed by atoms with Crippen molar-refractivity contribution in [2.24, 2.45) is 4.99 Å². The van der Waals surface area contributed by atoms with Crippen molar-refractivity contribution >= 4 is 23.7 Å². The molecule has 0 unspecified atom stereocenters. The van der Waals surface area contributed by atoms with Crippen LogP contribution in [0.4, 0.5) is 5.69 Å². The number of hydrogen-bond donors (Lipinski definition) is 0. The third kappa shape index (κ3) is 3.00. The lowest BCUT2D eigenvalue weighted by molar-refractivity contribution is -0.122. The number of carbonyl (C=O) groups is 1. The Morgan fingerprint density at radius 3 is 2.42 bits per heavy atom. The van der Waals surface area contributed by atoms with Crippen LogP contribution in [0.2, 0.25) is 0 Å². The van der Waals surface area contributed by atoms with Gasteiger partial charge in [-0.15, -0.1) is 0 Å². The maximum absolute atomic E-state index is 12.7. The number of carbonyl (C=O) groups excluding carboxylic acids is 1. The molecule has 1 saturated heterocycles. The Morgan fingerprint density at radius 1 is 1.19 bits per heavy atom. The van der Waals surface area contributed by atoms with Crippen molar-refractivity contribution in [2.45, 2.75) is 52.5 Å². The van der Waals surface area contributed by atoms with Gasteiger partial charge in [-0.2, -0.15) is 0 Å². The summed E-state index contributed by atoms with van der Waals surface area (Å²) in [5, 5.41) is 0. The molecule has 0 bridgehead atoms. The Bertz CT molecular complexity index is 763. The lowest BCUT2D eigenvalue weighted by Crippen LogP contribution is -2.34. The molecule has 26 heavy (non-hydrogen) atoms. The molecule has 4 rings (SSSR count). The summed E-state index contributed by atoms with van der Waals surface area (Å²) < 4.78 is 5.82. The molecule has 1 aromatic carbocycles. The van der Waals surface area contributed by atoms with Crippen LogP contribution in [-0.2, 0) is 22.4 Å². The minimum absolute atomic E-state index is 0.0883. The van der Waals surface area contributed by atoms with E-state index >= 15 is 0 Å². The van der Waals surface area contributed by atoms with Crippen LogP contribution in [-0.4, -0.2) is 42.5 Å². The van der Waals surface area contributed by atoms with Crippen molar-refractivity contribution in [2.75, 3.05) is 24.5 Å². The van der Waals surface area contributed by atoms with Crippen LogP contribution in [0.25, 0.3) is 6.08 Å². The molecule has 0 radical (unpaired) electrons. The van der Waals surface area contributed by atoms with E-state index in [9.17, 15) is 4.79 Å². The monoisotopic (exact) mass is 353 g/mol. The van der Waals surface area contributed by atoms with Gasteiger partial charge in [-0.3, -0.25) is 9.69 Å². The van der Waals surface area contributed by atoms with E-state index in [1.165, 1.54) is 42.7 Å². The zero-order valence-electron chi connectivity index (χ0n) is 15.9. The predicted octanol–water partition coefficient (Wildman–Crippen LogP) is 3.37. The molecule has 138 valence electrons.